The molecule has 13 nitrogen and oxygen atoms in total. The molecule has 0 spiro atoms. The maximum Gasteiger partial charge on any atom is 0.324 e. The first kappa shape index (κ1) is 46.5. The molecule has 4 aliphatic heterocycles. The lowest BCUT2D eigenvalue weighted by atomic mass is 10.1. The average Bonchev–Trinajstić information content (AvgIpc) is 4.02. The Hall–Kier alpha value is -6.49. The summed E-state index contributed by atoms with van der Waals surface area (Å²) in [6, 6.07) is 18.8. The quantitative estimate of drug-likeness (QED) is 0.110. The summed E-state index contributed by atoms with van der Waals surface area (Å²) in [5, 5.41) is 1.81. The van der Waals surface area contributed by atoms with Crippen LogP contribution < -0.4 is 30.3 Å². The first-order valence-corrected chi connectivity index (χ1v) is 21.9. The third-order valence-corrected chi connectivity index (χ3v) is 11.9. The van der Waals surface area contributed by atoms with Gasteiger partial charge in [0.05, 0.1) is 39.4 Å². The zero-order valence-corrected chi connectivity index (χ0v) is 36.0. The topological polar surface area (TPSA) is 155 Å². The van der Waals surface area contributed by atoms with E-state index in [0.29, 0.717) is 50.6 Å². The Bertz CT molecular complexity index is 2410. The number of rotatable bonds is 12. The van der Waals surface area contributed by atoms with Crippen LogP contribution in [0.1, 0.15) is 81.5 Å². The van der Waals surface area contributed by atoms with E-state index < -0.39 is 36.3 Å². The third-order valence-electron chi connectivity index (χ3n) is 11.9. The van der Waals surface area contributed by atoms with Crippen LogP contribution in [0, 0.1) is 11.6 Å². The van der Waals surface area contributed by atoms with Crippen molar-refractivity contribution in [2.75, 3.05) is 62.3 Å². The van der Waals surface area contributed by atoms with Gasteiger partial charge in [-0.1, -0.05) is 24.3 Å². The predicted molar refractivity (Wildman–Crippen MR) is 235 cm³/mol. The summed E-state index contributed by atoms with van der Waals surface area (Å²) in [5.41, 5.74) is 9.47. The van der Waals surface area contributed by atoms with Crippen LogP contribution in [0.2, 0.25) is 0 Å². The molecule has 0 radical (unpaired) electrons. The van der Waals surface area contributed by atoms with E-state index in [-0.39, 0.29) is 54.2 Å². The van der Waals surface area contributed by atoms with Gasteiger partial charge in [-0.25, -0.2) is 18.4 Å². The van der Waals surface area contributed by atoms with Gasteiger partial charge in [0.15, 0.2) is 11.6 Å². The van der Waals surface area contributed by atoms with E-state index in [9.17, 15) is 37.1 Å². The van der Waals surface area contributed by atoms with Gasteiger partial charge in [-0.15, -0.1) is 0 Å². The number of alkyl halides is 2. The van der Waals surface area contributed by atoms with Crippen LogP contribution in [0.5, 0.6) is 11.5 Å². The first-order valence-electron chi connectivity index (χ1n) is 21.9. The fourth-order valence-corrected chi connectivity index (χ4v) is 8.24. The van der Waals surface area contributed by atoms with E-state index in [2.05, 4.69) is 0 Å². The molecule has 8 rings (SSSR count). The van der Waals surface area contributed by atoms with Gasteiger partial charge < -0.3 is 30.3 Å². The van der Waals surface area contributed by atoms with Gasteiger partial charge in [-0.05, 0) is 98.2 Å². The molecule has 4 aromatic rings. The lowest BCUT2D eigenvalue weighted by Gasteiger charge is -2.33. The highest BCUT2D eigenvalue weighted by Gasteiger charge is 2.29. The number of nitrogens with two attached hydrogens (primary N) is 1. The smallest absolute Gasteiger partial charge is 0.324 e. The number of urea groups is 2. The van der Waals surface area contributed by atoms with E-state index in [0.717, 1.165) is 85.7 Å². The monoisotopic (exact) mass is 900 g/mol. The number of anilines is 2. The van der Waals surface area contributed by atoms with E-state index >= 15 is 4.39 Å². The molecular weight excluding hydrogens is 849 g/mol. The Morgan fingerprint density at radius 2 is 1.06 bits per heavy atom. The van der Waals surface area contributed by atoms with Crippen LogP contribution >= 0.6 is 0 Å². The van der Waals surface area contributed by atoms with Crippen molar-refractivity contribution in [1.29, 1.82) is 0 Å². The van der Waals surface area contributed by atoms with Crippen LogP contribution in [0.4, 0.5) is 38.5 Å². The fraction of sp³-hybridized carbons (Fsp3) is 0.396. The number of carbonyl (C=O) groups excluding carboxylic acids is 5. The van der Waals surface area contributed by atoms with Crippen molar-refractivity contribution in [3.63, 3.8) is 0 Å². The standard InChI is InChI=1S/C25H26F3N3O4.C23H26FN3O3/c26-20-13-16(21(32)14-29-24(33)23(27)28)4-5-18(20)15-31(25(34)30-9-2-1-3-10-30)19-6-7-22-17(12-19)8-11-35-22;24-20-13-16(21(28)14-25)4-5-18(20)15-27(23(29)26-9-2-1-3-10-26)19-6-7-22-17(12-19)8-11-30-22/h4-7,12-13,23H,1-3,8-11,14-15H2,(H,29,33);4-7,12-13H,1-3,8-11,14-15,25H2. The molecule has 344 valence electrons. The van der Waals surface area contributed by atoms with Crippen LogP contribution in [0.25, 0.3) is 0 Å². The summed E-state index contributed by atoms with van der Waals surface area (Å²) in [7, 11) is 0. The van der Waals surface area contributed by atoms with E-state index in [1.165, 1.54) is 23.1 Å². The molecule has 0 unspecified atom stereocenters. The Morgan fingerprint density at radius 3 is 1.48 bits per heavy atom. The number of halogens is 4. The molecule has 0 saturated carbocycles. The molecule has 5 amide bonds. The molecule has 0 atom stereocenters. The van der Waals surface area contributed by atoms with Crippen LogP contribution in [0.3, 0.4) is 0 Å². The van der Waals surface area contributed by atoms with Crippen molar-refractivity contribution in [3.8, 4) is 11.5 Å². The zero-order valence-electron chi connectivity index (χ0n) is 36.0. The zero-order chi connectivity index (χ0) is 46.0. The molecule has 4 heterocycles. The van der Waals surface area contributed by atoms with Crippen molar-refractivity contribution in [3.05, 3.63) is 118 Å². The number of Topliss-reactive ketones (excluding diaryl/α,β-unsaturated/α-hetero) is 2. The molecule has 2 fully saturated rings. The number of hydrogen-bond acceptors (Lipinski definition) is 8. The molecule has 17 heteroatoms. The highest BCUT2D eigenvalue weighted by molar-refractivity contribution is 6.00. The highest BCUT2D eigenvalue weighted by Crippen LogP contribution is 2.33. The third kappa shape index (κ3) is 11.4. The van der Waals surface area contributed by atoms with Crippen molar-refractivity contribution >= 4 is 40.9 Å². The molecular formula is C48H52F4N6O7. The molecule has 0 bridgehead atoms. The summed E-state index contributed by atoms with van der Waals surface area (Å²) in [4.78, 5) is 68.5. The second-order valence-electron chi connectivity index (χ2n) is 16.3. The van der Waals surface area contributed by atoms with Crippen molar-refractivity contribution in [2.24, 2.45) is 5.73 Å². The second kappa shape index (κ2) is 21.5. The van der Waals surface area contributed by atoms with E-state index in [1.807, 2.05) is 34.5 Å². The molecule has 3 N–H and O–H groups in total. The van der Waals surface area contributed by atoms with E-state index in [1.54, 1.807) is 34.1 Å². The number of ether oxygens (including phenoxy) is 2. The summed E-state index contributed by atoms with van der Waals surface area (Å²) in [6.45, 7) is 3.05. The second-order valence-corrected chi connectivity index (χ2v) is 16.3. The SMILES string of the molecule is NCC(=O)c1ccc(CN(C(=O)N2CCCCC2)c2ccc3c(c2)CCO3)c(F)c1.O=C(CNC(=O)C(F)F)c1ccc(CN(C(=O)N2CCCCC2)c2ccc3c(c2)CCO3)c(F)c1. The number of carbonyl (C=O) groups is 5. The number of nitrogens with one attached hydrogen (secondary N) is 1. The Kier molecular flexibility index (Phi) is 15.4. The number of benzene rings is 4. The molecule has 4 aliphatic rings. The van der Waals surface area contributed by atoms with Gasteiger partial charge >= 0.3 is 18.5 Å². The molecule has 65 heavy (non-hydrogen) atoms. The number of fused-ring (bicyclic) bond motifs is 2. The molecule has 0 aromatic heterocycles. The Balaban J connectivity index is 0.000000196. The number of nitrogens with zero attached hydrogens (tertiary/aromatic N) is 4. The van der Waals surface area contributed by atoms with E-state index in [4.69, 9.17) is 15.2 Å². The number of likely N-dealkylation sites (tertiary alicyclic amines) is 2. The van der Waals surface area contributed by atoms with Crippen molar-refractivity contribution < 1.29 is 51.0 Å². The normalized spacial score (nSPS) is 15.2. The Labute approximate surface area is 374 Å². The summed E-state index contributed by atoms with van der Waals surface area (Å²) in [6.07, 6.45) is 4.21. The number of piperidine rings is 2. The lowest BCUT2D eigenvalue weighted by molar-refractivity contribution is -0.131. The molecule has 4 aromatic carbocycles. The van der Waals surface area contributed by atoms with Gasteiger partial charge in [0.1, 0.15) is 23.1 Å². The van der Waals surface area contributed by atoms with Crippen LogP contribution in [0.15, 0.2) is 72.8 Å². The van der Waals surface area contributed by atoms with Crippen LogP contribution in [-0.2, 0) is 30.7 Å². The maximum atomic E-state index is 15.0. The average molecular weight is 901 g/mol. The fourth-order valence-electron chi connectivity index (χ4n) is 8.24. The van der Waals surface area contributed by atoms with Gasteiger partial charge in [0.25, 0.3) is 5.91 Å². The van der Waals surface area contributed by atoms with Crippen molar-refractivity contribution in [1.82, 2.24) is 15.1 Å². The number of amides is 5. The van der Waals surface area contributed by atoms with Crippen molar-refractivity contribution in [2.45, 2.75) is 70.9 Å². The van der Waals surface area contributed by atoms with Gasteiger partial charge in [0.2, 0.25) is 0 Å². The largest absolute Gasteiger partial charge is 0.493 e. The van der Waals surface area contributed by atoms with Gasteiger partial charge in [-0.3, -0.25) is 24.2 Å². The predicted octanol–water partition coefficient (Wildman–Crippen LogP) is 7.45. The minimum absolute atomic E-state index is 0.0581. The van der Waals surface area contributed by atoms with Crippen LogP contribution in [-0.4, -0.2) is 98.2 Å². The summed E-state index contributed by atoms with van der Waals surface area (Å²) in [5.74, 6) is -2.22. The number of ketones is 2. The summed E-state index contributed by atoms with van der Waals surface area (Å²) < 4.78 is 65.5. The lowest BCUT2D eigenvalue weighted by Crippen LogP contribution is -2.45. The minimum Gasteiger partial charge on any atom is -0.493 e. The Morgan fingerprint density at radius 1 is 0.615 bits per heavy atom. The van der Waals surface area contributed by atoms with Gasteiger partial charge in [0, 0.05) is 72.6 Å². The number of hydrogen-bond donors (Lipinski definition) is 2. The van der Waals surface area contributed by atoms with Gasteiger partial charge in [-0.2, -0.15) is 8.78 Å². The maximum absolute atomic E-state index is 15.0. The highest BCUT2D eigenvalue weighted by atomic mass is 19.3. The first-order chi connectivity index (χ1) is 31.4. The molecule has 2 saturated heterocycles. The molecule has 0 aliphatic carbocycles. The summed E-state index contributed by atoms with van der Waals surface area (Å²) >= 11 is 0. The minimum atomic E-state index is -3.24.